The first-order chi connectivity index (χ1) is 12.0. The summed E-state index contributed by atoms with van der Waals surface area (Å²) in [6.45, 7) is 0. The lowest BCUT2D eigenvalue weighted by molar-refractivity contribution is -0.116. The minimum absolute atomic E-state index is 0.0833. The maximum absolute atomic E-state index is 10.4. The molecular weight excluding hydrogens is 469 g/mol. The summed E-state index contributed by atoms with van der Waals surface area (Å²) in [7, 11) is -0.326. The van der Waals surface area contributed by atoms with E-state index < -0.39 is 10.1 Å². The molecule has 10 heteroatoms. The minimum Gasteiger partial charge on any atom is -0.744 e. The first kappa shape index (κ1) is 23.6. The van der Waals surface area contributed by atoms with Crippen LogP contribution in [-0.4, -0.2) is 33.0 Å². The Balaban J connectivity index is 0.000000401. The molecule has 8 nitrogen and oxygen atoms in total. The van der Waals surface area contributed by atoms with Crippen LogP contribution in [-0.2, 0) is 10.1 Å². The van der Waals surface area contributed by atoms with Crippen molar-refractivity contribution in [3.8, 4) is 6.07 Å². The average molecular weight is 489 g/mol. The summed E-state index contributed by atoms with van der Waals surface area (Å²) in [5, 5.41) is 13.1. The van der Waals surface area contributed by atoms with E-state index >= 15 is 0 Å². The SMILES string of the molecule is CN(C)c1ccc(C#N)cc1.NC(N)=[NH2+].O=S(=O)([O-])c1ccc(I)cc1. The predicted molar refractivity (Wildman–Crippen MR) is 108 cm³/mol. The molecule has 0 fully saturated rings. The summed E-state index contributed by atoms with van der Waals surface area (Å²) in [5.74, 6) is -0.0833. The lowest BCUT2D eigenvalue weighted by atomic mass is 10.2. The predicted octanol–water partition coefficient (Wildman–Crippen LogP) is -0.162. The number of benzene rings is 2. The summed E-state index contributed by atoms with van der Waals surface area (Å²) >= 11 is 2.03. The van der Waals surface area contributed by atoms with Crippen molar-refractivity contribution in [1.29, 1.82) is 5.26 Å². The molecule has 0 heterocycles. The Labute approximate surface area is 166 Å². The van der Waals surface area contributed by atoms with E-state index in [2.05, 4.69) is 22.9 Å². The van der Waals surface area contributed by atoms with Crippen molar-refractivity contribution in [3.05, 3.63) is 57.7 Å². The van der Waals surface area contributed by atoms with E-state index in [1.807, 2.05) is 65.9 Å². The lowest BCUT2D eigenvalue weighted by Crippen LogP contribution is -2.51. The van der Waals surface area contributed by atoms with E-state index in [0.717, 1.165) is 9.26 Å². The minimum atomic E-state index is -4.27. The maximum Gasteiger partial charge on any atom is 0.336 e. The molecule has 0 unspecified atom stereocenters. The number of nitriles is 1. The Bertz CT molecular complexity index is 841. The van der Waals surface area contributed by atoms with Crippen LogP contribution in [0.1, 0.15) is 5.56 Å². The van der Waals surface area contributed by atoms with Gasteiger partial charge in [-0.25, -0.2) is 8.42 Å². The topological polar surface area (TPSA) is 162 Å². The number of nitrogens with zero attached hydrogens (tertiary/aromatic N) is 2. The molecule has 0 spiro atoms. The van der Waals surface area contributed by atoms with Gasteiger partial charge in [-0.2, -0.15) is 5.26 Å². The molecule has 0 atom stereocenters. The Hall–Kier alpha value is -2.36. The Kier molecular flexibility index (Phi) is 10.3. The van der Waals surface area contributed by atoms with E-state index in [-0.39, 0.29) is 10.9 Å². The summed E-state index contributed by atoms with van der Waals surface area (Å²) < 4.78 is 32.1. The highest BCUT2D eigenvalue weighted by molar-refractivity contribution is 14.1. The van der Waals surface area contributed by atoms with Gasteiger partial charge in [0.2, 0.25) is 0 Å². The van der Waals surface area contributed by atoms with E-state index in [4.69, 9.17) is 5.26 Å². The molecule has 2 rings (SSSR count). The highest BCUT2D eigenvalue weighted by Gasteiger charge is 1.98. The second kappa shape index (κ2) is 11.3. The largest absolute Gasteiger partial charge is 0.744 e. The van der Waals surface area contributed by atoms with E-state index in [9.17, 15) is 13.0 Å². The van der Waals surface area contributed by atoms with E-state index in [0.29, 0.717) is 5.56 Å². The third kappa shape index (κ3) is 10.5. The van der Waals surface area contributed by atoms with Crippen molar-refractivity contribution < 1.29 is 18.4 Å². The second-order valence-electron chi connectivity index (χ2n) is 4.96. The van der Waals surface area contributed by atoms with Gasteiger partial charge in [-0.15, -0.1) is 0 Å². The normalized spacial score (nSPS) is 9.50. The summed E-state index contributed by atoms with van der Waals surface area (Å²) in [6.07, 6.45) is 0. The number of nitrogens with two attached hydrogens (primary N) is 3. The van der Waals surface area contributed by atoms with Crippen LogP contribution >= 0.6 is 22.6 Å². The third-order valence-electron chi connectivity index (χ3n) is 2.62. The van der Waals surface area contributed by atoms with Crippen molar-refractivity contribution in [2.75, 3.05) is 19.0 Å². The molecule has 140 valence electrons. The molecule has 0 aliphatic heterocycles. The Morgan fingerprint density at radius 3 is 1.85 bits per heavy atom. The second-order valence-corrected chi connectivity index (χ2v) is 7.59. The molecule has 0 saturated heterocycles. The molecule has 2 aromatic rings. The molecule has 26 heavy (non-hydrogen) atoms. The molecule has 0 aliphatic carbocycles. The molecule has 6 N–H and O–H groups in total. The summed E-state index contributed by atoms with van der Waals surface area (Å²) in [6, 6.07) is 15.3. The van der Waals surface area contributed by atoms with Crippen LogP contribution < -0.4 is 21.8 Å². The first-order valence-corrected chi connectivity index (χ1v) is 9.48. The van der Waals surface area contributed by atoms with Gasteiger partial charge in [-0.05, 0) is 71.1 Å². The average Bonchev–Trinajstić information content (AvgIpc) is 2.54. The lowest BCUT2D eigenvalue weighted by Gasteiger charge is -2.11. The summed E-state index contributed by atoms with van der Waals surface area (Å²) in [4.78, 5) is 1.82. The van der Waals surface area contributed by atoms with Crippen LogP contribution in [0.5, 0.6) is 0 Å². The number of rotatable bonds is 2. The molecule has 0 saturated carbocycles. The van der Waals surface area contributed by atoms with Crippen LogP contribution in [0.15, 0.2) is 53.4 Å². The zero-order valence-corrected chi connectivity index (χ0v) is 17.2. The Morgan fingerprint density at radius 1 is 1.12 bits per heavy atom. The summed E-state index contributed by atoms with van der Waals surface area (Å²) in [5.41, 5.74) is 11.0. The molecule has 0 aromatic heterocycles. The van der Waals surface area contributed by atoms with Crippen molar-refractivity contribution in [2.45, 2.75) is 4.90 Å². The first-order valence-electron chi connectivity index (χ1n) is 6.99. The van der Waals surface area contributed by atoms with Crippen molar-refractivity contribution in [3.63, 3.8) is 0 Å². The molecule has 0 amide bonds. The fraction of sp³-hybridized carbons (Fsp3) is 0.125. The number of guanidine groups is 1. The smallest absolute Gasteiger partial charge is 0.336 e. The zero-order valence-electron chi connectivity index (χ0n) is 14.3. The van der Waals surface area contributed by atoms with Crippen LogP contribution in [0, 0.1) is 14.9 Å². The fourth-order valence-electron chi connectivity index (χ4n) is 1.44. The molecule has 0 bridgehead atoms. The third-order valence-corrected chi connectivity index (χ3v) is 4.18. The van der Waals surface area contributed by atoms with Crippen molar-refractivity contribution in [1.82, 2.24) is 0 Å². The Morgan fingerprint density at radius 2 is 1.54 bits per heavy atom. The number of anilines is 1. The quantitative estimate of drug-likeness (QED) is 0.229. The molecular formula is C16H20IN5O3S. The molecule has 0 radical (unpaired) electrons. The maximum atomic E-state index is 10.4. The van der Waals surface area contributed by atoms with Gasteiger partial charge in [0.05, 0.1) is 16.5 Å². The van der Waals surface area contributed by atoms with Gasteiger partial charge in [0.1, 0.15) is 10.1 Å². The van der Waals surface area contributed by atoms with E-state index in [1.165, 1.54) is 12.1 Å². The number of halogens is 1. The highest BCUT2D eigenvalue weighted by Crippen LogP contribution is 2.11. The van der Waals surface area contributed by atoms with Gasteiger partial charge in [-0.1, -0.05) is 0 Å². The number of hydrogen-bond acceptors (Lipinski definition) is 5. The monoisotopic (exact) mass is 489 g/mol. The molecule has 2 aromatic carbocycles. The van der Waals surface area contributed by atoms with Crippen LogP contribution in [0.2, 0.25) is 0 Å². The van der Waals surface area contributed by atoms with Gasteiger partial charge < -0.3 is 9.45 Å². The van der Waals surface area contributed by atoms with E-state index in [1.54, 1.807) is 12.1 Å². The van der Waals surface area contributed by atoms with Crippen molar-refractivity contribution >= 4 is 44.4 Å². The fourth-order valence-corrected chi connectivity index (χ4v) is 2.26. The van der Waals surface area contributed by atoms with Gasteiger partial charge >= 0.3 is 5.96 Å². The van der Waals surface area contributed by atoms with Gasteiger partial charge in [0.15, 0.2) is 0 Å². The standard InChI is InChI=1S/C9H10N2.C6H5IO3S.CH5N3/c1-11(2)9-5-3-8(7-10)4-6-9;7-5-1-3-6(4-2-5)11(8,9)10;2-1(3)4/h3-6H,1-2H3;1-4H,(H,8,9,10);(H5,2,3,4). The van der Waals surface area contributed by atoms with Crippen LogP contribution in [0.4, 0.5) is 5.69 Å². The highest BCUT2D eigenvalue weighted by atomic mass is 127. The number of hydrogen-bond donors (Lipinski definition) is 3. The molecule has 0 aliphatic rings. The zero-order chi connectivity index (χ0) is 20.3. The van der Waals surface area contributed by atoms with Gasteiger partial charge in [0, 0.05) is 23.4 Å². The van der Waals surface area contributed by atoms with Gasteiger partial charge in [-0.3, -0.25) is 16.9 Å². The van der Waals surface area contributed by atoms with Gasteiger partial charge in [0.25, 0.3) is 0 Å². The van der Waals surface area contributed by atoms with Crippen molar-refractivity contribution in [2.24, 2.45) is 11.5 Å². The van der Waals surface area contributed by atoms with Crippen LogP contribution in [0.3, 0.4) is 0 Å². The van der Waals surface area contributed by atoms with Crippen LogP contribution in [0.25, 0.3) is 0 Å².